The second kappa shape index (κ2) is 5.25. The SMILES string of the molecule is CC(C)N1CCC(c2ncc(CN)s2)CC1. The van der Waals surface area contributed by atoms with Crippen LogP contribution in [0.5, 0.6) is 0 Å². The second-order valence-electron chi connectivity index (χ2n) is 4.77. The fraction of sp³-hybridized carbons (Fsp3) is 0.750. The van der Waals surface area contributed by atoms with Gasteiger partial charge in [0.05, 0.1) is 5.01 Å². The van der Waals surface area contributed by atoms with Gasteiger partial charge in [-0.25, -0.2) is 4.98 Å². The van der Waals surface area contributed by atoms with Crippen molar-refractivity contribution in [3.05, 3.63) is 16.1 Å². The summed E-state index contributed by atoms with van der Waals surface area (Å²) in [7, 11) is 0. The van der Waals surface area contributed by atoms with Gasteiger partial charge in [-0.15, -0.1) is 11.3 Å². The van der Waals surface area contributed by atoms with Crippen LogP contribution in [0.4, 0.5) is 0 Å². The molecule has 2 rings (SSSR count). The highest BCUT2D eigenvalue weighted by atomic mass is 32.1. The molecule has 1 fully saturated rings. The van der Waals surface area contributed by atoms with Crippen LogP contribution >= 0.6 is 11.3 Å². The molecule has 1 aromatic heterocycles. The maximum absolute atomic E-state index is 5.62. The maximum atomic E-state index is 5.62. The zero-order valence-corrected chi connectivity index (χ0v) is 11.0. The molecule has 0 amide bonds. The van der Waals surface area contributed by atoms with E-state index < -0.39 is 0 Å². The molecule has 0 spiro atoms. The smallest absolute Gasteiger partial charge is 0.0960 e. The Hall–Kier alpha value is -0.450. The quantitative estimate of drug-likeness (QED) is 0.879. The van der Waals surface area contributed by atoms with Crippen LogP contribution in [0.1, 0.15) is 42.5 Å². The molecule has 0 unspecified atom stereocenters. The van der Waals surface area contributed by atoms with Gasteiger partial charge in [-0.05, 0) is 39.8 Å². The Balaban J connectivity index is 1.93. The molecular formula is C12H21N3S. The van der Waals surface area contributed by atoms with Crippen molar-refractivity contribution >= 4 is 11.3 Å². The normalized spacial score (nSPS) is 19.5. The average molecular weight is 239 g/mol. The fourth-order valence-electron chi connectivity index (χ4n) is 2.27. The Labute approximate surface area is 102 Å². The van der Waals surface area contributed by atoms with Crippen LogP contribution in [0.15, 0.2) is 6.20 Å². The van der Waals surface area contributed by atoms with Crippen molar-refractivity contribution in [1.82, 2.24) is 9.88 Å². The molecule has 2 N–H and O–H groups in total. The van der Waals surface area contributed by atoms with E-state index in [2.05, 4.69) is 23.7 Å². The number of likely N-dealkylation sites (tertiary alicyclic amines) is 1. The molecule has 16 heavy (non-hydrogen) atoms. The molecule has 0 saturated carbocycles. The minimum atomic E-state index is 0.627. The van der Waals surface area contributed by atoms with Crippen molar-refractivity contribution in [2.24, 2.45) is 5.73 Å². The van der Waals surface area contributed by atoms with Crippen molar-refractivity contribution in [3.8, 4) is 0 Å². The largest absolute Gasteiger partial charge is 0.326 e. The van der Waals surface area contributed by atoms with E-state index in [1.165, 1.54) is 35.8 Å². The Morgan fingerprint density at radius 2 is 2.19 bits per heavy atom. The van der Waals surface area contributed by atoms with Crippen molar-refractivity contribution in [2.45, 2.75) is 45.2 Å². The van der Waals surface area contributed by atoms with Crippen molar-refractivity contribution < 1.29 is 0 Å². The summed E-state index contributed by atoms with van der Waals surface area (Å²) in [4.78, 5) is 8.26. The van der Waals surface area contributed by atoms with Crippen LogP contribution in [0.3, 0.4) is 0 Å². The van der Waals surface area contributed by atoms with Crippen molar-refractivity contribution in [1.29, 1.82) is 0 Å². The first-order chi connectivity index (χ1) is 7.70. The van der Waals surface area contributed by atoms with Crippen LogP contribution in [0.25, 0.3) is 0 Å². The standard InChI is InChI=1S/C12H21N3S/c1-9(2)15-5-3-10(4-6-15)12-14-8-11(7-13)16-12/h8-10H,3-7,13H2,1-2H3. The summed E-state index contributed by atoms with van der Waals surface area (Å²) in [5.74, 6) is 0.667. The molecule has 2 heterocycles. The first-order valence-electron chi connectivity index (χ1n) is 6.09. The number of rotatable bonds is 3. The van der Waals surface area contributed by atoms with Crippen LogP contribution in [0.2, 0.25) is 0 Å². The molecule has 1 aliphatic rings. The minimum absolute atomic E-state index is 0.627. The zero-order valence-electron chi connectivity index (χ0n) is 10.1. The summed E-state index contributed by atoms with van der Waals surface area (Å²) in [5, 5.41) is 1.30. The van der Waals surface area contributed by atoms with Gasteiger partial charge in [-0.1, -0.05) is 0 Å². The van der Waals surface area contributed by atoms with Gasteiger partial charge in [0, 0.05) is 29.6 Å². The Morgan fingerprint density at radius 1 is 1.50 bits per heavy atom. The van der Waals surface area contributed by atoms with Gasteiger partial charge in [0.25, 0.3) is 0 Å². The van der Waals surface area contributed by atoms with Gasteiger partial charge in [0.15, 0.2) is 0 Å². The monoisotopic (exact) mass is 239 g/mol. The van der Waals surface area contributed by atoms with Crippen LogP contribution in [-0.4, -0.2) is 29.0 Å². The summed E-state index contributed by atoms with van der Waals surface area (Å²) in [6, 6.07) is 0.678. The second-order valence-corrected chi connectivity index (χ2v) is 5.92. The molecule has 3 nitrogen and oxygen atoms in total. The molecule has 0 radical (unpaired) electrons. The van der Waals surface area contributed by atoms with E-state index in [1.807, 2.05) is 6.20 Å². The summed E-state index contributed by atoms with van der Waals surface area (Å²) in [6.45, 7) is 7.59. The highest BCUT2D eigenvalue weighted by Crippen LogP contribution is 2.31. The topological polar surface area (TPSA) is 42.2 Å². The third-order valence-electron chi connectivity index (χ3n) is 3.38. The van der Waals surface area contributed by atoms with Gasteiger partial charge in [0.2, 0.25) is 0 Å². The lowest BCUT2D eigenvalue weighted by Crippen LogP contribution is -2.37. The molecule has 0 bridgehead atoms. The molecule has 0 aliphatic carbocycles. The molecule has 1 aromatic rings. The number of thiazole rings is 1. The molecule has 0 aromatic carbocycles. The fourth-order valence-corrected chi connectivity index (χ4v) is 3.23. The first-order valence-corrected chi connectivity index (χ1v) is 6.91. The van der Waals surface area contributed by atoms with E-state index in [-0.39, 0.29) is 0 Å². The van der Waals surface area contributed by atoms with Crippen molar-refractivity contribution in [2.75, 3.05) is 13.1 Å². The van der Waals surface area contributed by atoms with Crippen LogP contribution in [0, 0.1) is 0 Å². The lowest BCUT2D eigenvalue weighted by Gasteiger charge is -2.33. The van der Waals surface area contributed by atoms with Gasteiger partial charge < -0.3 is 10.6 Å². The molecule has 4 heteroatoms. The lowest BCUT2D eigenvalue weighted by molar-refractivity contribution is 0.172. The predicted molar refractivity (Wildman–Crippen MR) is 68.7 cm³/mol. The Morgan fingerprint density at radius 3 is 2.69 bits per heavy atom. The Kier molecular flexibility index (Phi) is 3.95. The molecular weight excluding hydrogens is 218 g/mol. The Bertz CT molecular complexity index is 327. The van der Waals surface area contributed by atoms with Gasteiger partial charge >= 0.3 is 0 Å². The van der Waals surface area contributed by atoms with Gasteiger partial charge in [0.1, 0.15) is 0 Å². The van der Waals surface area contributed by atoms with Crippen molar-refractivity contribution in [3.63, 3.8) is 0 Å². The summed E-state index contributed by atoms with van der Waals surface area (Å²) in [6.07, 6.45) is 4.43. The molecule has 1 saturated heterocycles. The number of nitrogens with two attached hydrogens (primary N) is 1. The molecule has 1 aliphatic heterocycles. The van der Waals surface area contributed by atoms with Gasteiger partial charge in [-0.2, -0.15) is 0 Å². The zero-order chi connectivity index (χ0) is 11.5. The minimum Gasteiger partial charge on any atom is -0.326 e. The summed E-state index contributed by atoms with van der Waals surface area (Å²) >= 11 is 1.79. The van der Waals surface area contributed by atoms with Crippen LogP contribution < -0.4 is 5.73 Å². The number of hydrogen-bond donors (Lipinski definition) is 1. The maximum Gasteiger partial charge on any atom is 0.0960 e. The highest BCUT2D eigenvalue weighted by Gasteiger charge is 2.23. The van der Waals surface area contributed by atoms with E-state index in [1.54, 1.807) is 11.3 Å². The summed E-state index contributed by atoms with van der Waals surface area (Å²) in [5.41, 5.74) is 5.62. The lowest BCUT2D eigenvalue weighted by atomic mass is 9.97. The average Bonchev–Trinajstić information content (AvgIpc) is 2.77. The highest BCUT2D eigenvalue weighted by molar-refractivity contribution is 7.11. The van der Waals surface area contributed by atoms with E-state index in [4.69, 9.17) is 5.73 Å². The van der Waals surface area contributed by atoms with Crippen LogP contribution in [-0.2, 0) is 6.54 Å². The van der Waals surface area contributed by atoms with Gasteiger partial charge in [-0.3, -0.25) is 0 Å². The van der Waals surface area contributed by atoms with E-state index >= 15 is 0 Å². The molecule has 0 atom stereocenters. The van der Waals surface area contributed by atoms with E-state index in [0.717, 1.165) is 0 Å². The number of aromatic nitrogens is 1. The molecule has 90 valence electrons. The third kappa shape index (κ3) is 2.62. The van der Waals surface area contributed by atoms with E-state index in [0.29, 0.717) is 18.5 Å². The first kappa shape index (κ1) is 12.0. The number of hydrogen-bond acceptors (Lipinski definition) is 4. The number of nitrogens with zero attached hydrogens (tertiary/aromatic N) is 2. The number of piperidine rings is 1. The van der Waals surface area contributed by atoms with E-state index in [9.17, 15) is 0 Å². The predicted octanol–water partition coefficient (Wildman–Crippen LogP) is 2.19. The third-order valence-corrected chi connectivity index (χ3v) is 4.56. The summed E-state index contributed by atoms with van der Waals surface area (Å²) < 4.78 is 0.